The predicted molar refractivity (Wildman–Crippen MR) is 98.1 cm³/mol. The van der Waals surface area contributed by atoms with Crippen molar-refractivity contribution in [3.63, 3.8) is 0 Å². The largest absolute Gasteiger partial charge is 0.392 e. The fourth-order valence-electron chi connectivity index (χ4n) is 3.08. The van der Waals surface area contributed by atoms with Crippen molar-refractivity contribution < 1.29 is 15.0 Å². The highest BCUT2D eigenvalue weighted by atomic mass is 16.3. The maximum Gasteiger partial charge on any atom is 0.252 e. The van der Waals surface area contributed by atoms with E-state index in [0.29, 0.717) is 16.7 Å². The molecule has 3 aromatic carbocycles. The molecule has 4 nitrogen and oxygen atoms in total. The molecular formula is C21H21NO3. The molecule has 0 aliphatic carbocycles. The van der Waals surface area contributed by atoms with Crippen molar-refractivity contribution >= 4 is 16.7 Å². The van der Waals surface area contributed by atoms with Gasteiger partial charge >= 0.3 is 0 Å². The Morgan fingerprint density at radius 3 is 2.52 bits per heavy atom. The number of hydrogen-bond donors (Lipinski definition) is 3. The van der Waals surface area contributed by atoms with E-state index in [1.54, 1.807) is 18.2 Å². The van der Waals surface area contributed by atoms with Crippen LogP contribution in [0.1, 0.15) is 40.0 Å². The fourth-order valence-corrected chi connectivity index (χ4v) is 3.08. The normalized spacial score (nSPS) is 12.1. The highest BCUT2D eigenvalue weighted by Crippen LogP contribution is 2.24. The van der Waals surface area contributed by atoms with E-state index in [4.69, 9.17) is 0 Å². The Hall–Kier alpha value is -2.69. The summed E-state index contributed by atoms with van der Waals surface area (Å²) >= 11 is 0. The third kappa shape index (κ3) is 3.55. The monoisotopic (exact) mass is 335 g/mol. The number of carbonyl (C=O) groups excluding carboxylic acids is 1. The zero-order chi connectivity index (χ0) is 17.8. The van der Waals surface area contributed by atoms with Crippen LogP contribution in [0.5, 0.6) is 0 Å². The minimum atomic E-state index is -0.251. The lowest BCUT2D eigenvalue weighted by atomic mass is 9.98. The summed E-state index contributed by atoms with van der Waals surface area (Å²) in [6.07, 6.45) is 0. The Morgan fingerprint density at radius 2 is 1.76 bits per heavy atom. The summed E-state index contributed by atoms with van der Waals surface area (Å²) in [6.45, 7) is 1.57. The standard InChI is InChI=1S/C21H21NO3/c1-14(18-8-4-6-16-5-2-3-7-19(16)18)22-21(25)20-10-9-15(12-23)11-17(20)13-24/h2-11,14,23-24H,12-13H2,1H3,(H,22,25). The van der Waals surface area contributed by atoms with Crippen LogP contribution in [0.4, 0.5) is 0 Å². The number of nitrogens with one attached hydrogen (secondary N) is 1. The number of aliphatic hydroxyl groups excluding tert-OH is 2. The van der Waals surface area contributed by atoms with Crippen LogP contribution < -0.4 is 5.32 Å². The molecule has 25 heavy (non-hydrogen) atoms. The molecular weight excluding hydrogens is 314 g/mol. The van der Waals surface area contributed by atoms with Crippen LogP contribution in [0.2, 0.25) is 0 Å². The maximum absolute atomic E-state index is 12.7. The van der Waals surface area contributed by atoms with Gasteiger partial charge in [0.1, 0.15) is 0 Å². The molecule has 0 aliphatic rings. The summed E-state index contributed by atoms with van der Waals surface area (Å²) in [5.74, 6) is -0.242. The number of aliphatic hydroxyl groups is 2. The van der Waals surface area contributed by atoms with E-state index in [2.05, 4.69) is 5.32 Å². The van der Waals surface area contributed by atoms with E-state index >= 15 is 0 Å². The Bertz CT molecular complexity index is 899. The number of fused-ring (bicyclic) bond motifs is 1. The molecule has 4 heteroatoms. The van der Waals surface area contributed by atoms with Gasteiger partial charge in [-0.15, -0.1) is 0 Å². The lowest BCUT2D eigenvalue weighted by molar-refractivity contribution is 0.0937. The number of hydrogen-bond acceptors (Lipinski definition) is 3. The molecule has 3 rings (SSSR count). The van der Waals surface area contributed by atoms with E-state index in [0.717, 1.165) is 16.3 Å². The van der Waals surface area contributed by atoms with Crippen molar-refractivity contribution in [1.82, 2.24) is 5.32 Å². The van der Waals surface area contributed by atoms with Crippen molar-refractivity contribution in [3.05, 3.63) is 82.9 Å². The molecule has 0 saturated carbocycles. The van der Waals surface area contributed by atoms with Crippen molar-refractivity contribution in [2.45, 2.75) is 26.2 Å². The van der Waals surface area contributed by atoms with E-state index in [-0.39, 0.29) is 25.2 Å². The maximum atomic E-state index is 12.7. The van der Waals surface area contributed by atoms with Gasteiger partial charge in [-0.2, -0.15) is 0 Å². The van der Waals surface area contributed by atoms with E-state index in [1.807, 2.05) is 49.4 Å². The molecule has 0 spiro atoms. The second kappa shape index (κ2) is 7.47. The number of carbonyl (C=O) groups is 1. The first-order valence-corrected chi connectivity index (χ1v) is 8.26. The van der Waals surface area contributed by atoms with Gasteiger partial charge in [-0.3, -0.25) is 4.79 Å². The van der Waals surface area contributed by atoms with E-state index in [9.17, 15) is 15.0 Å². The van der Waals surface area contributed by atoms with Gasteiger partial charge in [0.05, 0.1) is 19.3 Å². The highest BCUT2D eigenvalue weighted by molar-refractivity contribution is 5.96. The quantitative estimate of drug-likeness (QED) is 0.670. The summed E-state index contributed by atoms with van der Waals surface area (Å²) in [5.41, 5.74) is 2.65. The zero-order valence-electron chi connectivity index (χ0n) is 14.1. The SMILES string of the molecule is CC(NC(=O)c1ccc(CO)cc1CO)c1cccc2ccccc12. The first kappa shape index (κ1) is 17.1. The molecule has 1 atom stereocenters. The van der Waals surface area contributed by atoms with Crippen molar-refractivity contribution in [2.24, 2.45) is 0 Å². The molecule has 0 aromatic heterocycles. The average Bonchev–Trinajstić information content (AvgIpc) is 2.66. The average molecular weight is 335 g/mol. The number of rotatable bonds is 5. The van der Waals surface area contributed by atoms with Gasteiger partial charge < -0.3 is 15.5 Å². The van der Waals surface area contributed by atoms with Gasteiger partial charge in [-0.1, -0.05) is 54.6 Å². The van der Waals surface area contributed by atoms with Crippen LogP contribution in [0.15, 0.2) is 60.7 Å². The highest BCUT2D eigenvalue weighted by Gasteiger charge is 2.16. The summed E-state index contributed by atoms with van der Waals surface area (Å²) in [7, 11) is 0. The molecule has 0 radical (unpaired) electrons. The Labute approximate surface area is 146 Å². The van der Waals surface area contributed by atoms with Gasteiger partial charge in [0.2, 0.25) is 0 Å². The van der Waals surface area contributed by atoms with Crippen LogP contribution in [-0.4, -0.2) is 16.1 Å². The molecule has 3 N–H and O–H groups in total. The topological polar surface area (TPSA) is 69.6 Å². The third-order valence-electron chi connectivity index (χ3n) is 4.40. The van der Waals surface area contributed by atoms with Crippen molar-refractivity contribution in [3.8, 4) is 0 Å². The summed E-state index contributed by atoms with van der Waals surface area (Å²) in [4.78, 5) is 12.7. The van der Waals surface area contributed by atoms with Gasteiger partial charge in [0, 0.05) is 5.56 Å². The van der Waals surface area contributed by atoms with E-state index in [1.165, 1.54) is 0 Å². The Balaban J connectivity index is 1.87. The lowest BCUT2D eigenvalue weighted by Gasteiger charge is -2.18. The molecule has 3 aromatic rings. The molecule has 0 heterocycles. The van der Waals surface area contributed by atoms with Crippen LogP contribution in [0, 0.1) is 0 Å². The zero-order valence-corrected chi connectivity index (χ0v) is 14.1. The summed E-state index contributed by atoms with van der Waals surface area (Å²) in [5, 5.41) is 24.0. The number of amides is 1. The molecule has 0 aliphatic heterocycles. The van der Waals surface area contributed by atoms with Gasteiger partial charge in [0.25, 0.3) is 5.91 Å². The molecule has 0 bridgehead atoms. The van der Waals surface area contributed by atoms with Crippen molar-refractivity contribution in [1.29, 1.82) is 0 Å². The molecule has 0 saturated heterocycles. The Morgan fingerprint density at radius 1 is 1.00 bits per heavy atom. The summed E-state index contributed by atoms with van der Waals surface area (Å²) in [6, 6.07) is 18.9. The van der Waals surface area contributed by atoms with E-state index < -0.39 is 0 Å². The molecule has 1 unspecified atom stereocenters. The second-order valence-corrected chi connectivity index (χ2v) is 6.07. The first-order valence-electron chi connectivity index (χ1n) is 8.26. The second-order valence-electron chi connectivity index (χ2n) is 6.07. The lowest BCUT2D eigenvalue weighted by Crippen LogP contribution is -2.27. The van der Waals surface area contributed by atoms with Gasteiger partial charge in [-0.25, -0.2) is 0 Å². The van der Waals surface area contributed by atoms with Crippen LogP contribution >= 0.6 is 0 Å². The van der Waals surface area contributed by atoms with Gasteiger partial charge in [-0.05, 0) is 40.5 Å². The molecule has 0 fully saturated rings. The molecule has 128 valence electrons. The Kier molecular flexibility index (Phi) is 5.12. The first-order chi connectivity index (χ1) is 12.1. The van der Waals surface area contributed by atoms with Crippen LogP contribution in [-0.2, 0) is 13.2 Å². The minimum Gasteiger partial charge on any atom is -0.392 e. The molecule has 1 amide bonds. The minimum absolute atomic E-state index is 0.124. The fraction of sp³-hybridized carbons (Fsp3) is 0.190. The number of benzene rings is 3. The van der Waals surface area contributed by atoms with Gasteiger partial charge in [0.15, 0.2) is 0 Å². The predicted octanol–water partition coefficient (Wildman–Crippen LogP) is 3.32. The van der Waals surface area contributed by atoms with Crippen LogP contribution in [0.25, 0.3) is 10.8 Å². The third-order valence-corrected chi connectivity index (χ3v) is 4.40. The summed E-state index contributed by atoms with van der Waals surface area (Å²) < 4.78 is 0. The van der Waals surface area contributed by atoms with Crippen LogP contribution in [0.3, 0.4) is 0 Å². The van der Waals surface area contributed by atoms with Crippen molar-refractivity contribution in [2.75, 3.05) is 0 Å². The smallest absolute Gasteiger partial charge is 0.252 e.